The van der Waals surface area contributed by atoms with Crippen LogP contribution in [0, 0.1) is 5.41 Å². The van der Waals surface area contributed by atoms with Gasteiger partial charge in [-0.25, -0.2) is 13.2 Å². The summed E-state index contributed by atoms with van der Waals surface area (Å²) < 4.78 is 58.7. The minimum atomic E-state index is -5.08. The van der Waals surface area contributed by atoms with Crippen molar-refractivity contribution in [1.82, 2.24) is 5.32 Å². The number of alkyl halides is 3. The highest BCUT2D eigenvalue weighted by Crippen LogP contribution is 2.19. The summed E-state index contributed by atoms with van der Waals surface area (Å²) in [4.78, 5) is 9.00. The lowest BCUT2D eigenvalue weighted by atomic mass is 10.2. The van der Waals surface area contributed by atoms with Gasteiger partial charge in [0, 0.05) is 17.3 Å². The van der Waals surface area contributed by atoms with Crippen LogP contribution in [-0.2, 0) is 21.4 Å². The fourth-order valence-corrected chi connectivity index (χ4v) is 3.10. The van der Waals surface area contributed by atoms with Crippen LogP contribution < -0.4 is 15.8 Å². The fourth-order valence-electron chi connectivity index (χ4n) is 1.74. The molecule has 0 spiro atoms. The summed E-state index contributed by atoms with van der Waals surface area (Å²) in [6, 6.07) is 12.8. The van der Waals surface area contributed by atoms with E-state index in [1.807, 2.05) is 0 Å². The number of nitrogens with one attached hydrogen (secondary N) is 3. The van der Waals surface area contributed by atoms with E-state index < -0.39 is 22.2 Å². The van der Waals surface area contributed by atoms with E-state index in [-0.39, 0.29) is 10.9 Å². The van der Waals surface area contributed by atoms with E-state index in [1.165, 1.54) is 12.1 Å². The Morgan fingerprint density at radius 1 is 1.17 bits per heavy atom. The summed E-state index contributed by atoms with van der Waals surface area (Å²) in [5.41, 5.74) is 6.51. The molecule has 0 bridgehead atoms. The average molecular weight is 453 g/mol. The maximum atomic E-state index is 12.2. The summed E-state index contributed by atoms with van der Waals surface area (Å²) in [5.74, 6) is -2.88. The molecular weight excluding hydrogens is 437 g/mol. The molecule has 0 amide bonds. The predicted molar refractivity (Wildman–Crippen MR) is 101 cm³/mol. The molecule has 0 aliphatic heterocycles. The van der Waals surface area contributed by atoms with E-state index >= 15 is 0 Å². The molecule has 0 aliphatic rings. The van der Waals surface area contributed by atoms with Crippen molar-refractivity contribution in [1.29, 1.82) is 5.41 Å². The molecule has 13 heteroatoms. The van der Waals surface area contributed by atoms with E-state index in [0.29, 0.717) is 17.3 Å². The van der Waals surface area contributed by atoms with Crippen molar-refractivity contribution in [3.05, 3.63) is 59.1 Å². The maximum absolute atomic E-state index is 12.2. The zero-order valence-corrected chi connectivity index (χ0v) is 16.1. The van der Waals surface area contributed by atoms with Gasteiger partial charge in [-0.05, 0) is 35.9 Å². The van der Waals surface area contributed by atoms with Crippen LogP contribution in [0.3, 0.4) is 0 Å². The first-order chi connectivity index (χ1) is 13.3. The van der Waals surface area contributed by atoms with Crippen LogP contribution in [0.1, 0.15) is 5.56 Å². The Kier molecular flexibility index (Phi) is 8.28. The lowest BCUT2D eigenvalue weighted by Crippen LogP contribution is -2.29. The van der Waals surface area contributed by atoms with Gasteiger partial charge in [0.05, 0.1) is 4.90 Å². The second-order valence-corrected chi connectivity index (χ2v) is 7.45. The zero-order chi connectivity index (χ0) is 22.2. The van der Waals surface area contributed by atoms with E-state index in [9.17, 15) is 21.6 Å². The number of carboxylic acid groups (broad SMARTS) is 1. The molecule has 0 saturated heterocycles. The first kappa shape index (κ1) is 24.0. The first-order valence-electron chi connectivity index (χ1n) is 7.56. The van der Waals surface area contributed by atoms with Crippen LogP contribution in [0.25, 0.3) is 0 Å². The van der Waals surface area contributed by atoms with E-state index in [0.717, 1.165) is 5.56 Å². The Bertz CT molecular complexity index is 967. The van der Waals surface area contributed by atoms with Crippen LogP contribution in [0.2, 0.25) is 5.02 Å². The molecule has 0 aliphatic carbocycles. The summed E-state index contributed by atoms with van der Waals surface area (Å²) in [7, 11) is -3.68. The Labute approximate surface area is 169 Å². The van der Waals surface area contributed by atoms with Gasteiger partial charge >= 0.3 is 12.1 Å². The Morgan fingerprint density at radius 2 is 1.72 bits per heavy atom. The van der Waals surface area contributed by atoms with E-state index in [4.69, 9.17) is 32.6 Å². The van der Waals surface area contributed by atoms with Gasteiger partial charge < -0.3 is 16.2 Å². The predicted octanol–water partition coefficient (Wildman–Crippen LogP) is 2.76. The molecule has 0 atom stereocenters. The largest absolute Gasteiger partial charge is 0.490 e. The van der Waals surface area contributed by atoms with Crippen molar-refractivity contribution >= 4 is 39.2 Å². The number of sulfonamides is 1. The molecule has 29 heavy (non-hydrogen) atoms. The quantitative estimate of drug-likeness (QED) is 0.348. The number of guanidine groups is 1. The third-order valence-electron chi connectivity index (χ3n) is 3.04. The molecule has 8 nitrogen and oxygen atoms in total. The van der Waals surface area contributed by atoms with Gasteiger partial charge in [0.2, 0.25) is 0 Å². The van der Waals surface area contributed by atoms with Crippen LogP contribution in [-0.4, -0.2) is 31.6 Å². The standard InChI is InChI=1S/C14H15ClN4O2S.C2HF3O2/c15-11-2-1-3-13(8-11)22(20,21)19-12-6-4-10(5-7-12)9-18-14(16)17;3-2(4,5)1(6)7/h1-8,19H,9H2,(H4,16,17,18);(H,6,7). The summed E-state index contributed by atoms with van der Waals surface area (Å²) in [6.07, 6.45) is -5.08. The van der Waals surface area contributed by atoms with Crippen molar-refractivity contribution in [2.75, 3.05) is 4.72 Å². The Balaban J connectivity index is 0.000000516. The molecule has 158 valence electrons. The second kappa shape index (κ2) is 9.98. The minimum absolute atomic E-state index is 0.0994. The third-order valence-corrected chi connectivity index (χ3v) is 4.65. The number of anilines is 1. The molecule has 0 fully saturated rings. The van der Waals surface area contributed by atoms with Gasteiger partial charge in [0.25, 0.3) is 10.0 Å². The smallest absolute Gasteiger partial charge is 0.475 e. The number of halogens is 4. The van der Waals surface area contributed by atoms with Crippen LogP contribution in [0.5, 0.6) is 0 Å². The molecule has 0 saturated carbocycles. The van der Waals surface area contributed by atoms with Gasteiger partial charge in [-0.2, -0.15) is 13.2 Å². The molecular formula is C16H16ClF3N4O4S. The number of hydrogen-bond donors (Lipinski definition) is 5. The topological polar surface area (TPSA) is 145 Å². The number of rotatable bonds is 5. The Morgan fingerprint density at radius 3 is 2.17 bits per heavy atom. The molecule has 0 heterocycles. The van der Waals surface area contributed by atoms with Crippen molar-refractivity contribution in [3.63, 3.8) is 0 Å². The summed E-state index contributed by atoms with van der Waals surface area (Å²) in [5, 5.41) is 17.2. The Hall–Kier alpha value is -2.99. The molecule has 2 aromatic carbocycles. The molecule has 2 rings (SSSR count). The van der Waals surface area contributed by atoms with Crippen molar-refractivity contribution in [3.8, 4) is 0 Å². The van der Waals surface area contributed by atoms with Crippen molar-refractivity contribution in [2.24, 2.45) is 5.73 Å². The number of nitrogens with two attached hydrogens (primary N) is 1. The number of aliphatic carboxylic acids is 1. The summed E-state index contributed by atoms with van der Waals surface area (Å²) >= 11 is 5.81. The van der Waals surface area contributed by atoms with Crippen molar-refractivity contribution in [2.45, 2.75) is 17.6 Å². The molecule has 0 aromatic heterocycles. The monoisotopic (exact) mass is 452 g/mol. The summed E-state index contributed by atoms with van der Waals surface area (Å²) in [6.45, 7) is 0.399. The van der Waals surface area contributed by atoms with Gasteiger partial charge in [-0.3, -0.25) is 10.1 Å². The molecule has 6 N–H and O–H groups in total. The SMILES string of the molecule is N=C(N)NCc1ccc(NS(=O)(=O)c2cccc(Cl)c2)cc1.O=C(O)C(F)(F)F. The number of benzene rings is 2. The maximum Gasteiger partial charge on any atom is 0.490 e. The highest BCUT2D eigenvalue weighted by molar-refractivity contribution is 7.92. The highest BCUT2D eigenvalue weighted by atomic mass is 35.5. The average Bonchev–Trinajstić information content (AvgIpc) is 2.60. The fraction of sp³-hybridized carbons (Fsp3) is 0.125. The van der Waals surface area contributed by atoms with E-state index in [1.54, 1.807) is 36.4 Å². The minimum Gasteiger partial charge on any atom is -0.475 e. The molecule has 2 aromatic rings. The first-order valence-corrected chi connectivity index (χ1v) is 9.42. The number of hydrogen-bond acceptors (Lipinski definition) is 4. The van der Waals surface area contributed by atoms with E-state index in [2.05, 4.69) is 10.0 Å². The van der Waals surface area contributed by atoms with Gasteiger partial charge in [-0.15, -0.1) is 0 Å². The highest BCUT2D eigenvalue weighted by Gasteiger charge is 2.38. The molecule has 0 unspecified atom stereocenters. The van der Waals surface area contributed by atoms with Crippen LogP contribution >= 0.6 is 11.6 Å². The van der Waals surface area contributed by atoms with Crippen molar-refractivity contribution < 1.29 is 31.5 Å². The second-order valence-electron chi connectivity index (χ2n) is 5.33. The normalized spacial score (nSPS) is 11.0. The van der Waals surface area contributed by atoms with Gasteiger partial charge in [0.1, 0.15) is 0 Å². The lowest BCUT2D eigenvalue weighted by Gasteiger charge is -2.09. The lowest BCUT2D eigenvalue weighted by molar-refractivity contribution is -0.192. The number of carbonyl (C=O) groups is 1. The van der Waals surface area contributed by atoms with Gasteiger partial charge in [-0.1, -0.05) is 29.8 Å². The van der Waals surface area contributed by atoms with Gasteiger partial charge in [0.15, 0.2) is 5.96 Å². The zero-order valence-electron chi connectivity index (χ0n) is 14.5. The van der Waals surface area contributed by atoms with Crippen LogP contribution in [0.15, 0.2) is 53.4 Å². The van der Waals surface area contributed by atoms with Crippen LogP contribution in [0.4, 0.5) is 18.9 Å². The number of carboxylic acids is 1. The molecule has 0 radical (unpaired) electrons. The third kappa shape index (κ3) is 8.70.